The molecule has 0 spiro atoms. The highest BCUT2D eigenvalue weighted by Gasteiger charge is 2.14. The Kier molecular flexibility index (Phi) is 9.90. The van der Waals surface area contributed by atoms with Crippen LogP contribution < -0.4 is 9.46 Å². The fourth-order valence-electron chi connectivity index (χ4n) is 3.13. The van der Waals surface area contributed by atoms with Gasteiger partial charge in [0.25, 0.3) is 0 Å². The van der Waals surface area contributed by atoms with Gasteiger partial charge in [-0.25, -0.2) is 8.42 Å². The van der Waals surface area contributed by atoms with Crippen LogP contribution in [0.15, 0.2) is 42.5 Å². The lowest BCUT2D eigenvalue weighted by Crippen LogP contribution is -2.39. The fraction of sp³-hybridized carbons (Fsp3) is 0.455. The van der Waals surface area contributed by atoms with Crippen molar-refractivity contribution in [1.29, 1.82) is 0 Å². The molecular formula is C22H30Cl2N2O4S. The first-order valence-electron chi connectivity index (χ1n) is 10.1. The fourth-order valence-corrected chi connectivity index (χ4v) is 4.02. The van der Waals surface area contributed by atoms with Crippen LogP contribution in [0.2, 0.25) is 10.0 Å². The minimum Gasteiger partial charge on any atom is -0.491 e. The van der Waals surface area contributed by atoms with Crippen molar-refractivity contribution in [3.8, 4) is 5.75 Å². The Balaban J connectivity index is 1.86. The van der Waals surface area contributed by atoms with Gasteiger partial charge < -0.3 is 14.7 Å². The zero-order valence-electron chi connectivity index (χ0n) is 18.0. The maximum Gasteiger partial charge on any atom is 0.229 e. The van der Waals surface area contributed by atoms with E-state index in [0.717, 1.165) is 31.3 Å². The van der Waals surface area contributed by atoms with Crippen molar-refractivity contribution in [2.24, 2.45) is 5.92 Å². The normalized spacial score (nSPS) is 12.9. The van der Waals surface area contributed by atoms with Crippen LogP contribution in [0.4, 0.5) is 5.69 Å². The van der Waals surface area contributed by atoms with E-state index < -0.39 is 16.1 Å². The number of aliphatic hydroxyl groups excluding tert-OH is 1. The van der Waals surface area contributed by atoms with E-state index in [1.165, 1.54) is 0 Å². The molecule has 0 heterocycles. The molecular weight excluding hydrogens is 459 g/mol. The van der Waals surface area contributed by atoms with Gasteiger partial charge in [-0.2, -0.15) is 0 Å². The molecule has 9 heteroatoms. The van der Waals surface area contributed by atoms with Gasteiger partial charge >= 0.3 is 0 Å². The third-order valence-corrected chi connectivity index (χ3v) is 5.74. The molecule has 0 saturated heterocycles. The topological polar surface area (TPSA) is 78.9 Å². The molecule has 0 aliphatic carbocycles. The van der Waals surface area contributed by atoms with Gasteiger partial charge in [0.1, 0.15) is 18.5 Å². The highest BCUT2D eigenvalue weighted by atomic mass is 35.5. The van der Waals surface area contributed by atoms with Gasteiger partial charge in [-0.15, -0.1) is 0 Å². The molecule has 0 unspecified atom stereocenters. The number of aliphatic hydroxyl groups is 1. The second kappa shape index (κ2) is 11.9. The molecule has 0 saturated carbocycles. The van der Waals surface area contributed by atoms with Crippen molar-refractivity contribution < 1.29 is 18.3 Å². The van der Waals surface area contributed by atoms with Crippen molar-refractivity contribution in [1.82, 2.24) is 4.90 Å². The molecule has 0 aromatic heterocycles. The number of nitrogens with one attached hydrogen (secondary N) is 1. The maximum absolute atomic E-state index is 11.3. The third-order valence-electron chi connectivity index (χ3n) is 4.39. The molecule has 0 fully saturated rings. The average molecular weight is 489 g/mol. The Morgan fingerprint density at radius 1 is 1.06 bits per heavy atom. The summed E-state index contributed by atoms with van der Waals surface area (Å²) >= 11 is 12.1. The van der Waals surface area contributed by atoms with E-state index in [0.29, 0.717) is 33.9 Å². The van der Waals surface area contributed by atoms with E-state index in [2.05, 4.69) is 23.5 Å². The van der Waals surface area contributed by atoms with Crippen molar-refractivity contribution in [3.05, 3.63) is 58.1 Å². The van der Waals surface area contributed by atoms with E-state index >= 15 is 0 Å². The molecule has 1 atom stereocenters. The molecule has 2 aromatic carbocycles. The molecule has 2 rings (SSSR count). The predicted octanol–water partition coefficient (Wildman–Crippen LogP) is 4.31. The molecule has 0 aliphatic rings. The van der Waals surface area contributed by atoms with Gasteiger partial charge in [-0.1, -0.05) is 43.1 Å². The van der Waals surface area contributed by atoms with Gasteiger partial charge in [0.15, 0.2) is 0 Å². The molecule has 31 heavy (non-hydrogen) atoms. The number of benzene rings is 2. The van der Waals surface area contributed by atoms with E-state index in [9.17, 15) is 13.5 Å². The van der Waals surface area contributed by atoms with Crippen LogP contribution in [0.25, 0.3) is 0 Å². The largest absolute Gasteiger partial charge is 0.491 e. The monoisotopic (exact) mass is 488 g/mol. The number of sulfonamides is 1. The van der Waals surface area contributed by atoms with Gasteiger partial charge in [0.05, 0.1) is 16.3 Å². The van der Waals surface area contributed by atoms with Crippen LogP contribution in [-0.2, 0) is 16.4 Å². The average Bonchev–Trinajstić information content (AvgIpc) is 2.66. The van der Waals surface area contributed by atoms with Crippen LogP contribution in [0.1, 0.15) is 19.4 Å². The van der Waals surface area contributed by atoms with Crippen LogP contribution in [-0.4, -0.2) is 57.0 Å². The Bertz CT molecular complexity index is 937. The number of hydrogen-bond donors (Lipinski definition) is 2. The lowest BCUT2D eigenvalue weighted by atomic mass is 10.1. The number of ether oxygens (including phenoxy) is 1. The predicted molar refractivity (Wildman–Crippen MR) is 128 cm³/mol. The third kappa shape index (κ3) is 10.1. The zero-order valence-corrected chi connectivity index (χ0v) is 20.3. The van der Waals surface area contributed by atoms with E-state index in [1.54, 1.807) is 30.3 Å². The summed E-state index contributed by atoms with van der Waals surface area (Å²) in [5.41, 5.74) is 1.55. The molecule has 6 nitrogen and oxygen atoms in total. The number of nitrogens with zero attached hydrogens (tertiary/aromatic N) is 1. The Labute approximate surface area is 195 Å². The van der Waals surface area contributed by atoms with Gasteiger partial charge in [0, 0.05) is 25.3 Å². The Morgan fingerprint density at radius 3 is 2.32 bits per heavy atom. The van der Waals surface area contributed by atoms with Crippen LogP contribution in [0.3, 0.4) is 0 Å². The quantitative estimate of drug-likeness (QED) is 0.465. The van der Waals surface area contributed by atoms with Gasteiger partial charge in [-0.3, -0.25) is 4.72 Å². The van der Waals surface area contributed by atoms with Crippen molar-refractivity contribution in [2.75, 3.05) is 37.2 Å². The SMILES string of the molecule is CC(C)CN(CCc1ccc(Cl)c(Cl)c1)C[C@H](O)COc1ccc(NS(C)(=O)=O)cc1. The molecule has 0 radical (unpaired) electrons. The smallest absolute Gasteiger partial charge is 0.229 e. The number of anilines is 1. The van der Waals surface area contributed by atoms with Crippen molar-refractivity contribution in [2.45, 2.75) is 26.4 Å². The maximum atomic E-state index is 11.3. The van der Waals surface area contributed by atoms with Crippen LogP contribution in [0, 0.1) is 5.92 Å². The molecule has 2 N–H and O–H groups in total. The summed E-state index contributed by atoms with van der Waals surface area (Å²) in [6.07, 6.45) is 1.23. The van der Waals surface area contributed by atoms with E-state index in [4.69, 9.17) is 27.9 Å². The first-order chi connectivity index (χ1) is 14.5. The summed E-state index contributed by atoms with van der Waals surface area (Å²) in [5.74, 6) is 1.01. The number of halogens is 2. The second-order valence-electron chi connectivity index (χ2n) is 8.02. The lowest BCUT2D eigenvalue weighted by molar-refractivity contribution is 0.0646. The summed E-state index contributed by atoms with van der Waals surface area (Å²) in [6, 6.07) is 12.2. The summed E-state index contributed by atoms with van der Waals surface area (Å²) < 4.78 is 30.6. The van der Waals surface area contributed by atoms with Crippen LogP contribution in [0.5, 0.6) is 5.75 Å². The first kappa shape index (κ1) is 25.7. The zero-order chi connectivity index (χ0) is 23.0. The standard InChI is InChI=1S/C22H30Cl2N2O4S/c1-16(2)13-26(11-10-17-4-9-21(23)22(24)12-17)14-19(27)15-30-20-7-5-18(6-8-20)25-31(3,28)29/h4-9,12,16,19,25,27H,10-11,13-15H2,1-3H3/t19-/m0/s1. The minimum atomic E-state index is -3.32. The summed E-state index contributed by atoms with van der Waals surface area (Å²) in [5, 5.41) is 11.6. The van der Waals surface area contributed by atoms with Gasteiger partial charge in [-0.05, 0) is 54.3 Å². The van der Waals surface area contributed by atoms with Crippen molar-refractivity contribution in [3.63, 3.8) is 0 Å². The molecule has 0 aliphatic heterocycles. The molecule has 2 aromatic rings. The highest BCUT2D eigenvalue weighted by Crippen LogP contribution is 2.23. The minimum absolute atomic E-state index is 0.139. The number of hydrogen-bond acceptors (Lipinski definition) is 5. The van der Waals surface area contributed by atoms with E-state index in [1.807, 2.05) is 12.1 Å². The molecule has 0 bridgehead atoms. The second-order valence-corrected chi connectivity index (χ2v) is 10.6. The van der Waals surface area contributed by atoms with Crippen molar-refractivity contribution >= 4 is 38.9 Å². The summed E-state index contributed by atoms with van der Waals surface area (Å²) in [6.45, 7) is 6.53. The number of rotatable bonds is 12. The highest BCUT2D eigenvalue weighted by molar-refractivity contribution is 7.92. The first-order valence-corrected chi connectivity index (χ1v) is 12.7. The van der Waals surface area contributed by atoms with E-state index in [-0.39, 0.29) is 6.61 Å². The molecule has 172 valence electrons. The molecule has 0 amide bonds. The van der Waals surface area contributed by atoms with Crippen LogP contribution >= 0.6 is 23.2 Å². The van der Waals surface area contributed by atoms with Gasteiger partial charge in [0.2, 0.25) is 10.0 Å². The Hall–Kier alpha value is -1.51. The summed E-state index contributed by atoms with van der Waals surface area (Å²) in [4.78, 5) is 2.21. The summed E-state index contributed by atoms with van der Waals surface area (Å²) in [7, 11) is -3.32. The lowest BCUT2D eigenvalue weighted by Gasteiger charge is -2.27. The Morgan fingerprint density at radius 2 is 1.74 bits per heavy atom.